The van der Waals surface area contributed by atoms with E-state index in [0.717, 1.165) is 6.54 Å². The maximum Gasteiger partial charge on any atom is 0.0713 e. The van der Waals surface area contributed by atoms with Crippen molar-refractivity contribution in [2.24, 2.45) is 11.7 Å². The Kier molecular flexibility index (Phi) is 4.40. The highest BCUT2D eigenvalue weighted by atomic mass is 16.5. The molecule has 0 bridgehead atoms. The number of benzene rings is 1. The summed E-state index contributed by atoms with van der Waals surface area (Å²) in [4.78, 5) is 0. The van der Waals surface area contributed by atoms with Crippen LogP contribution >= 0.6 is 0 Å². The Bertz CT molecular complexity index is 337. The number of hydrogen-bond acceptors (Lipinski definition) is 3. The molecule has 1 aliphatic rings. The highest BCUT2D eigenvalue weighted by molar-refractivity contribution is 5.45. The zero-order chi connectivity index (χ0) is 12.1. The lowest BCUT2D eigenvalue weighted by molar-refractivity contribution is 0.185. The largest absolute Gasteiger partial charge is 0.382 e. The van der Waals surface area contributed by atoms with E-state index in [0.29, 0.717) is 18.6 Å². The van der Waals surface area contributed by atoms with Crippen molar-refractivity contribution in [3.63, 3.8) is 0 Å². The molecule has 17 heavy (non-hydrogen) atoms. The summed E-state index contributed by atoms with van der Waals surface area (Å²) >= 11 is 0. The van der Waals surface area contributed by atoms with E-state index >= 15 is 0 Å². The Morgan fingerprint density at radius 2 is 2.06 bits per heavy atom. The number of anilines is 1. The van der Waals surface area contributed by atoms with Crippen LogP contribution in [0.25, 0.3) is 0 Å². The molecule has 0 aliphatic heterocycles. The Morgan fingerprint density at radius 1 is 1.29 bits per heavy atom. The van der Waals surface area contributed by atoms with Gasteiger partial charge in [0.05, 0.1) is 6.61 Å². The fourth-order valence-corrected chi connectivity index (χ4v) is 2.59. The van der Waals surface area contributed by atoms with Crippen LogP contribution in [0.4, 0.5) is 5.69 Å². The average Bonchev–Trinajstić information content (AvgIpc) is 2.79. The third-order valence-corrected chi connectivity index (χ3v) is 3.58. The summed E-state index contributed by atoms with van der Waals surface area (Å²) in [5, 5.41) is 3.59. The maximum absolute atomic E-state index is 5.78. The molecule has 3 nitrogen and oxygen atoms in total. The van der Waals surface area contributed by atoms with E-state index in [-0.39, 0.29) is 0 Å². The second-order valence-electron chi connectivity index (χ2n) is 4.81. The monoisotopic (exact) mass is 234 g/mol. The number of hydrogen-bond donors (Lipinski definition) is 2. The molecule has 0 spiro atoms. The van der Waals surface area contributed by atoms with Gasteiger partial charge in [0.1, 0.15) is 0 Å². The van der Waals surface area contributed by atoms with Crippen LogP contribution in [0, 0.1) is 5.92 Å². The second kappa shape index (κ2) is 6.03. The zero-order valence-electron chi connectivity index (χ0n) is 10.5. The molecule has 94 valence electrons. The maximum atomic E-state index is 5.78. The third-order valence-electron chi connectivity index (χ3n) is 3.58. The summed E-state index contributed by atoms with van der Waals surface area (Å²) in [5.41, 5.74) is 8.18. The predicted molar refractivity (Wildman–Crippen MR) is 71.0 cm³/mol. The van der Waals surface area contributed by atoms with Gasteiger partial charge in [0.25, 0.3) is 0 Å². The highest BCUT2D eigenvalue weighted by Crippen LogP contribution is 2.27. The summed E-state index contributed by atoms with van der Waals surface area (Å²) in [6.45, 7) is 1.47. The Hall–Kier alpha value is -1.06. The minimum absolute atomic E-state index is 0.549. The lowest BCUT2D eigenvalue weighted by Gasteiger charge is -2.20. The number of methoxy groups -OCH3 is 1. The van der Waals surface area contributed by atoms with Crippen LogP contribution in [0.1, 0.15) is 24.8 Å². The van der Waals surface area contributed by atoms with Gasteiger partial charge in [-0.3, -0.25) is 0 Å². The van der Waals surface area contributed by atoms with E-state index in [1.54, 1.807) is 7.11 Å². The molecule has 0 saturated heterocycles. The molecule has 2 unspecified atom stereocenters. The van der Waals surface area contributed by atoms with Gasteiger partial charge in [-0.2, -0.15) is 0 Å². The number of nitrogens with two attached hydrogens (primary N) is 1. The van der Waals surface area contributed by atoms with E-state index in [4.69, 9.17) is 10.5 Å². The van der Waals surface area contributed by atoms with Gasteiger partial charge >= 0.3 is 0 Å². The molecule has 3 N–H and O–H groups in total. The predicted octanol–water partition coefficient (Wildman–Crippen LogP) is 2.37. The molecule has 2 rings (SSSR count). The van der Waals surface area contributed by atoms with Crippen molar-refractivity contribution in [2.75, 3.05) is 19.0 Å². The Balaban J connectivity index is 1.94. The molecule has 0 amide bonds. The van der Waals surface area contributed by atoms with Gasteiger partial charge in [0.15, 0.2) is 0 Å². The van der Waals surface area contributed by atoms with Crippen LogP contribution in [0.2, 0.25) is 0 Å². The average molecular weight is 234 g/mol. The van der Waals surface area contributed by atoms with Crippen molar-refractivity contribution in [2.45, 2.75) is 31.9 Å². The first-order valence-corrected chi connectivity index (χ1v) is 6.38. The summed E-state index contributed by atoms with van der Waals surface area (Å²) in [5.74, 6) is 0.633. The number of rotatable bonds is 5. The first kappa shape index (κ1) is 12.4. The van der Waals surface area contributed by atoms with Gasteiger partial charge in [-0.15, -0.1) is 0 Å². The van der Waals surface area contributed by atoms with Crippen LogP contribution in [-0.2, 0) is 11.3 Å². The first-order valence-electron chi connectivity index (χ1n) is 6.38. The Labute approximate surface area is 103 Å². The molecular formula is C14H22N2O. The van der Waals surface area contributed by atoms with E-state index in [1.165, 1.54) is 30.5 Å². The van der Waals surface area contributed by atoms with Crippen LogP contribution < -0.4 is 11.1 Å². The molecule has 1 aromatic carbocycles. The van der Waals surface area contributed by atoms with Crippen LogP contribution in [0.3, 0.4) is 0 Å². The third kappa shape index (κ3) is 3.20. The Morgan fingerprint density at radius 3 is 2.71 bits per heavy atom. The van der Waals surface area contributed by atoms with Gasteiger partial charge < -0.3 is 15.8 Å². The van der Waals surface area contributed by atoms with Gasteiger partial charge in [0, 0.05) is 18.8 Å². The van der Waals surface area contributed by atoms with Gasteiger partial charge in [0.2, 0.25) is 0 Å². The van der Waals surface area contributed by atoms with Gasteiger partial charge in [-0.1, -0.05) is 18.6 Å². The summed E-state index contributed by atoms with van der Waals surface area (Å²) < 4.78 is 5.10. The van der Waals surface area contributed by atoms with Crippen molar-refractivity contribution in [3.05, 3.63) is 29.8 Å². The van der Waals surface area contributed by atoms with Crippen molar-refractivity contribution in [1.29, 1.82) is 0 Å². The topological polar surface area (TPSA) is 47.3 Å². The van der Waals surface area contributed by atoms with Crippen LogP contribution in [-0.4, -0.2) is 19.7 Å². The standard InChI is InChI=1S/C14H22N2O/c1-17-10-11-5-7-13(8-6-11)16-14-4-2-3-12(14)9-15/h5-8,12,14,16H,2-4,9-10,15H2,1H3. The lowest BCUT2D eigenvalue weighted by Crippen LogP contribution is -2.29. The summed E-state index contributed by atoms with van der Waals surface area (Å²) in [6, 6.07) is 9.02. The second-order valence-corrected chi connectivity index (χ2v) is 4.81. The zero-order valence-corrected chi connectivity index (χ0v) is 10.5. The lowest BCUT2D eigenvalue weighted by atomic mass is 10.0. The van der Waals surface area contributed by atoms with E-state index < -0.39 is 0 Å². The summed E-state index contributed by atoms with van der Waals surface area (Å²) in [6.07, 6.45) is 3.79. The minimum Gasteiger partial charge on any atom is -0.382 e. The fraction of sp³-hybridized carbons (Fsp3) is 0.571. The molecule has 0 heterocycles. The molecular weight excluding hydrogens is 212 g/mol. The molecule has 1 aromatic rings. The normalized spacial score (nSPS) is 23.9. The van der Waals surface area contributed by atoms with E-state index in [9.17, 15) is 0 Å². The molecule has 1 aliphatic carbocycles. The SMILES string of the molecule is COCc1ccc(NC2CCCC2CN)cc1. The van der Waals surface area contributed by atoms with E-state index in [1.807, 2.05) is 0 Å². The van der Waals surface area contributed by atoms with Gasteiger partial charge in [-0.05, 0) is 43.0 Å². The quantitative estimate of drug-likeness (QED) is 0.822. The van der Waals surface area contributed by atoms with Crippen molar-refractivity contribution < 1.29 is 4.74 Å². The molecule has 2 atom stereocenters. The van der Waals surface area contributed by atoms with Crippen LogP contribution in [0.5, 0.6) is 0 Å². The fourth-order valence-electron chi connectivity index (χ4n) is 2.59. The molecule has 0 radical (unpaired) electrons. The van der Waals surface area contributed by atoms with Gasteiger partial charge in [-0.25, -0.2) is 0 Å². The molecule has 3 heteroatoms. The molecule has 1 saturated carbocycles. The molecule has 1 fully saturated rings. The summed E-state index contributed by atoms with van der Waals surface area (Å²) in [7, 11) is 1.72. The van der Waals surface area contributed by atoms with E-state index in [2.05, 4.69) is 29.6 Å². The van der Waals surface area contributed by atoms with Crippen molar-refractivity contribution in [1.82, 2.24) is 0 Å². The van der Waals surface area contributed by atoms with Crippen molar-refractivity contribution >= 4 is 5.69 Å². The molecule has 0 aromatic heterocycles. The number of ether oxygens (including phenoxy) is 1. The number of nitrogens with one attached hydrogen (secondary N) is 1. The smallest absolute Gasteiger partial charge is 0.0713 e. The van der Waals surface area contributed by atoms with Crippen LogP contribution in [0.15, 0.2) is 24.3 Å². The first-order chi connectivity index (χ1) is 8.33. The minimum atomic E-state index is 0.549. The van der Waals surface area contributed by atoms with Crippen molar-refractivity contribution in [3.8, 4) is 0 Å². The highest BCUT2D eigenvalue weighted by Gasteiger charge is 2.25.